The van der Waals surface area contributed by atoms with Crippen molar-refractivity contribution in [1.82, 2.24) is 10.2 Å². The molecule has 1 aromatic carbocycles. The third-order valence-corrected chi connectivity index (χ3v) is 4.22. The number of hydrogen-bond acceptors (Lipinski definition) is 5. The van der Waals surface area contributed by atoms with Gasteiger partial charge in [-0.1, -0.05) is 35.9 Å². The van der Waals surface area contributed by atoms with Crippen LogP contribution in [0.3, 0.4) is 0 Å². The van der Waals surface area contributed by atoms with Crippen molar-refractivity contribution in [2.24, 2.45) is 0 Å². The van der Waals surface area contributed by atoms with Gasteiger partial charge >= 0.3 is 0 Å². The molecule has 2 aromatic rings. The first-order valence-electron chi connectivity index (χ1n) is 7.01. The Kier molecular flexibility index (Phi) is 3.97. The fraction of sp³-hybridized carbons (Fsp3) is 0.467. The second kappa shape index (κ2) is 5.75. The number of nitrogens with zero attached hydrogens (tertiary/aromatic N) is 3. The molecule has 1 fully saturated rings. The van der Waals surface area contributed by atoms with E-state index in [-0.39, 0.29) is 0 Å². The van der Waals surface area contributed by atoms with E-state index >= 15 is 0 Å². The molecule has 0 atom stereocenters. The molecule has 6 heteroatoms. The van der Waals surface area contributed by atoms with Gasteiger partial charge in [0.2, 0.25) is 0 Å². The summed E-state index contributed by atoms with van der Waals surface area (Å²) in [6.07, 6.45) is 1.27. The number of aromatic nitrogens is 2. The second-order valence-electron chi connectivity index (χ2n) is 5.55. The zero-order chi connectivity index (χ0) is 14.9. The van der Waals surface area contributed by atoms with Gasteiger partial charge in [0, 0.05) is 50.4 Å². The summed E-state index contributed by atoms with van der Waals surface area (Å²) in [5, 5.41) is 21.1. The molecule has 1 N–H and O–H groups in total. The molecule has 112 valence electrons. The topological polar surface area (TPSA) is 58.5 Å². The molecule has 1 aromatic heterocycles. The summed E-state index contributed by atoms with van der Waals surface area (Å²) in [5.41, 5.74) is -0.741. The van der Waals surface area contributed by atoms with E-state index in [2.05, 4.69) is 10.2 Å². The number of benzene rings is 1. The minimum atomic E-state index is -0.741. The lowest BCUT2D eigenvalue weighted by atomic mass is 9.94. The zero-order valence-corrected chi connectivity index (χ0v) is 12.7. The van der Waals surface area contributed by atoms with Crippen LogP contribution in [-0.2, 0) is 4.74 Å². The molecule has 21 heavy (non-hydrogen) atoms. The van der Waals surface area contributed by atoms with Crippen molar-refractivity contribution in [1.29, 1.82) is 0 Å². The fourth-order valence-electron chi connectivity index (χ4n) is 2.76. The number of likely N-dealkylation sites (N-methyl/N-ethyl adjacent to an activating group) is 1. The van der Waals surface area contributed by atoms with Gasteiger partial charge in [0.25, 0.3) is 0 Å². The van der Waals surface area contributed by atoms with E-state index in [0.29, 0.717) is 37.8 Å². The summed E-state index contributed by atoms with van der Waals surface area (Å²) >= 11 is 6.09. The van der Waals surface area contributed by atoms with Crippen LogP contribution in [0.4, 0.5) is 5.82 Å². The first kappa shape index (κ1) is 14.5. The Balaban J connectivity index is 1.91. The number of rotatable bonds is 3. The molecule has 0 unspecified atom stereocenters. The number of anilines is 1. The van der Waals surface area contributed by atoms with E-state index < -0.39 is 5.60 Å². The third-order valence-electron chi connectivity index (χ3n) is 3.94. The van der Waals surface area contributed by atoms with Gasteiger partial charge in [-0.15, -0.1) is 10.2 Å². The number of fused-ring (bicyclic) bond motifs is 1. The van der Waals surface area contributed by atoms with Crippen molar-refractivity contribution in [3.8, 4) is 0 Å². The van der Waals surface area contributed by atoms with Crippen molar-refractivity contribution in [2.45, 2.75) is 18.4 Å². The Morgan fingerprint density at radius 2 is 1.90 bits per heavy atom. The Morgan fingerprint density at radius 3 is 2.62 bits per heavy atom. The van der Waals surface area contributed by atoms with E-state index in [1.165, 1.54) is 0 Å². The summed E-state index contributed by atoms with van der Waals surface area (Å²) in [6, 6.07) is 7.76. The minimum absolute atomic E-state index is 0.396. The van der Waals surface area contributed by atoms with E-state index in [0.717, 1.165) is 16.6 Å². The molecule has 0 amide bonds. The van der Waals surface area contributed by atoms with Crippen LogP contribution in [-0.4, -0.2) is 47.7 Å². The Morgan fingerprint density at radius 1 is 1.24 bits per heavy atom. The molecule has 0 spiro atoms. The largest absolute Gasteiger partial charge is 0.388 e. The van der Waals surface area contributed by atoms with Crippen LogP contribution >= 0.6 is 11.6 Å². The maximum absolute atomic E-state index is 10.6. The molecule has 2 heterocycles. The van der Waals surface area contributed by atoms with E-state index in [1.807, 2.05) is 36.2 Å². The van der Waals surface area contributed by atoms with Gasteiger partial charge in [0.15, 0.2) is 11.0 Å². The van der Waals surface area contributed by atoms with Crippen LogP contribution in [0.2, 0.25) is 5.15 Å². The number of aliphatic hydroxyl groups is 1. The number of ether oxygens (including phenoxy) is 1. The van der Waals surface area contributed by atoms with Crippen LogP contribution in [0.1, 0.15) is 12.8 Å². The molecule has 0 aliphatic carbocycles. The first-order valence-corrected chi connectivity index (χ1v) is 7.39. The lowest BCUT2D eigenvalue weighted by molar-refractivity contribution is -0.0573. The summed E-state index contributed by atoms with van der Waals surface area (Å²) in [7, 11) is 1.91. The molecule has 0 bridgehead atoms. The second-order valence-corrected chi connectivity index (χ2v) is 5.91. The molecule has 1 aliphatic rings. The van der Waals surface area contributed by atoms with Crippen LogP contribution in [0.5, 0.6) is 0 Å². The molecule has 0 radical (unpaired) electrons. The van der Waals surface area contributed by atoms with Crippen LogP contribution in [0.15, 0.2) is 24.3 Å². The highest BCUT2D eigenvalue weighted by Gasteiger charge is 2.32. The predicted molar refractivity (Wildman–Crippen MR) is 82.8 cm³/mol. The molecule has 0 saturated carbocycles. The predicted octanol–water partition coefficient (Wildman–Crippen LogP) is 2.26. The molecule has 1 saturated heterocycles. The van der Waals surface area contributed by atoms with Crippen LogP contribution in [0, 0.1) is 0 Å². The SMILES string of the molecule is CN(CC1(O)CCOCC1)c1nnc(Cl)c2ccccc12. The summed E-state index contributed by atoms with van der Waals surface area (Å²) in [6.45, 7) is 1.69. The number of hydrogen-bond donors (Lipinski definition) is 1. The van der Waals surface area contributed by atoms with Gasteiger partial charge in [-0.05, 0) is 0 Å². The lowest BCUT2D eigenvalue weighted by Gasteiger charge is -2.35. The maximum Gasteiger partial charge on any atom is 0.159 e. The smallest absolute Gasteiger partial charge is 0.159 e. The van der Waals surface area contributed by atoms with Crippen molar-refractivity contribution in [3.63, 3.8) is 0 Å². The first-order chi connectivity index (χ1) is 10.1. The quantitative estimate of drug-likeness (QED) is 0.942. The van der Waals surface area contributed by atoms with Gasteiger partial charge in [0.1, 0.15) is 0 Å². The summed E-state index contributed by atoms with van der Waals surface area (Å²) in [4.78, 5) is 1.94. The normalized spacial score (nSPS) is 17.9. The van der Waals surface area contributed by atoms with Crippen molar-refractivity contribution in [2.75, 3.05) is 31.7 Å². The molecule has 3 rings (SSSR count). The van der Waals surface area contributed by atoms with Crippen molar-refractivity contribution < 1.29 is 9.84 Å². The van der Waals surface area contributed by atoms with Gasteiger partial charge in [-0.2, -0.15) is 0 Å². The average Bonchev–Trinajstić information content (AvgIpc) is 2.48. The summed E-state index contributed by atoms with van der Waals surface area (Å²) in [5.74, 6) is 0.731. The third kappa shape index (κ3) is 2.95. The Bertz CT molecular complexity index is 644. The van der Waals surface area contributed by atoms with E-state index in [4.69, 9.17) is 16.3 Å². The zero-order valence-electron chi connectivity index (χ0n) is 11.9. The van der Waals surface area contributed by atoms with Gasteiger partial charge in [-0.25, -0.2) is 0 Å². The van der Waals surface area contributed by atoms with E-state index in [1.54, 1.807) is 0 Å². The van der Waals surface area contributed by atoms with Gasteiger partial charge < -0.3 is 14.7 Å². The Hall–Kier alpha value is -1.43. The Labute approximate surface area is 128 Å². The van der Waals surface area contributed by atoms with Crippen LogP contribution in [0.25, 0.3) is 10.8 Å². The standard InChI is InChI=1S/C15H18ClN3O2/c1-19(10-15(20)6-8-21-9-7-15)14-12-5-3-2-4-11(12)13(16)17-18-14/h2-5,20H,6-10H2,1H3. The maximum atomic E-state index is 10.6. The lowest BCUT2D eigenvalue weighted by Crippen LogP contribution is -2.46. The van der Waals surface area contributed by atoms with Crippen molar-refractivity contribution >= 4 is 28.2 Å². The number of halogens is 1. The summed E-state index contributed by atoms with van der Waals surface area (Å²) < 4.78 is 5.31. The van der Waals surface area contributed by atoms with Crippen LogP contribution < -0.4 is 4.90 Å². The molecule has 5 nitrogen and oxygen atoms in total. The molecular formula is C15H18ClN3O2. The highest BCUT2D eigenvalue weighted by Crippen LogP contribution is 2.29. The molecular weight excluding hydrogens is 290 g/mol. The average molecular weight is 308 g/mol. The highest BCUT2D eigenvalue weighted by molar-refractivity contribution is 6.34. The molecule has 1 aliphatic heterocycles. The van der Waals surface area contributed by atoms with Crippen molar-refractivity contribution in [3.05, 3.63) is 29.4 Å². The monoisotopic (exact) mass is 307 g/mol. The minimum Gasteiger partial charge on any atom is -0.388 e. The van der Waals surface area contributed by atoms with Gasteiger partial charge in [0.05, 0.1) is 5.60 Å². The fourth-order valence-corrected chi connectivity index (χ4v) is 2.97. The van der Waals surface area contributed by atoms with E-state index in [9.17, 15) is 5.11 Å². The van der Waals surface area contributed by atoms with Gasteiger partial charge in [-0.3, -0.25) is 0 Å². The highest BCUT2D eigenvalue weighted by atomic mass is 35.5.